The van der Waals surface area contributed by atoms with E-state index in [9.17, 15) is 4.79 Å². The summed E-state index contributed by atoms with van der Waals surface area (Å²) in [5.74, 6) is -0.907. The van der Waals surface area contributed by atoms with E-state index < -0.39 is 5.97 Å². The Balaban J connectivity index is 1.72. The molecule has 3 aromatic rings. The fourth-order valence-corrected chi connectivity index (χ4v) is 2.41. The average Bonchev–Trinajstić information content (AvgIpc) is 2.61. The predicted octanol–water partition coefficient (Wildman–Crippen LogP) is 4.66. The summed E-state index contributed by atoms with van der Waals surface area (Å²) in [6.45, 7) is 0.749. The zero-order chi connectivity index (χ0) is 16.1. The number of nitrogens with one attached hydrogen (secondary N) is 1. The van der Waals surface area contributed by atoms with E-state index in [1.165, 1.54) is 5.56 Å². The van der Waals surface area contributed by atoms with Crippen LogP contribution in [-0.4, -0.2) is 11.1 Å². The maximum Gasteiger partial charge on any atom is 0.335 e. The highest BCUT2D eigenvalue weighted by molar-refractivity contribution is 5.89. The first-order valence-electron chi connectivity index (χ1n) is 7.44. The fourth-order valence-electron chi connectivity index (χ4n) is 2.41. The van der Waals surface area contributed by atoms with Gasteiger partial charge in [-0.25, -0.2) is 4.79 Å². The standard InChI is InChI=1S/C20H17NO2/c22-20(23)18-6-4-5-17(13-18)16-11-9-15(10-12-16)14-21-19-7-2-1-3-8-19/h1-13,21H,14H2,(H,22,23). The Morgan fingerprint density at radius 1 is 0.826 bits per heavy atom. The topological polar surface area (TPSA) is 49.3 Å². The molecule has 0 amide bonds. The van der Waals surface area contributed by atoms with Crippen molar-refractivity contribution in [1.82, 2.24) is 0 Å². The number of carbonyl (C=O) groups is 1. The molecule has 0 aliphatic carbocycles. The zero-order valence-corrected chi connectivity index (χ0v) is 12.6. The number of benzene rings is 3. The summed E-state index contributed by atoms with van der Waals surface area (Å²) < 4.78 is 0. The SMILES string of the molecule is O=C(O)c1cccc(-c2ccc(CNc3ccccc3)cc2)c1. The minimum Gasteiger partial charge on any atom is -0.478 e. The van der Waals surface area contributed by atoms with Crippen molar-refractivity contribution in [1.29, 1.82) is 0 Å². The monoisotopic (exact) mass is 303 g/mol. The second-order valence-electron chi connectivity index (χ2n) is 5.30. The van der Waals surface area contributed by atoms with Crippen molar-refractivity contribution in [3.8, 4) is 11.1 Å². The van der Waals surface area contributed by atoms with E-state index >= 15 is 0 Å². The molecule has 3 rings (SSSR count). The molecule has 0 aromatic heterocycles. The molecule has 0 radical (unpaired) electrons. The molecule has 0 atom stereocenters. The van der Waals surface area contributed by atoms with Gasteiger partial charge < -0.3 is 10.4 Å². The van der Waals surface area contributed by atoms with Gasteiger partial charge in [-0.2, -0.15) is 0 Å². The van der Waals surface area contributed by atoms with Crippen molar-refractivity contribution in [3.63, 3.8) is 0 Å². The number of aromatic carboxylic acids is 1. The maximum absolute atomic E-state index is 11.1. The third-order valence-electron chi connectivity index (χ3n) is 3.67. The number of anilines is 1. The molecule has 0 heterocycles. The van der Waals surface area contributed by atoms with Crippen LogP contribution in [0, 0.1) is 0 Å². The molecule has 0 aliphatic heterocycles. The Kier molecular flexibility index (Phi) is 4.39. The predicted molar refractivity (Wildman–Crippen MR) is 92.6 cm³/mol. The number of carboxylic acids is 1. The number of para-hydroxylation sites is 1. The van der Waals surface area contributed by atoms with E-state index in [1.807, 2.05) is 48.5 Å². The first-order chi connectivity index (χ1) is 11.2. The van der Waals surface area contributed by atoms with E-state index in [2.05, 4.69) is 17.4 Å². The van der Waals surface area contributed by atoms with Crippen molar-refractivity contribution < 1.29 is 9.90 Å². The van der Waals surface area contributed by atoms with Gasteiger partial charge in [-0.15, -0.1) is 0 Å². The molecule has 0 saturated heterocycles. The molecule has 114 valence electrons. The lowest BCUT2D eigenvalue weighted by atomic mass is 10.0. The molecule has 3 nitrogen and oxygen atoms in total. The second kappa shape index (κ2) is 6.79. The minimum absolute atomic E-state index is 0.303. The van der Waals surface area contributed by atoms with Crippen molar-refractivity contribution in [3.05, 3.63) is 90.0 Å². The Bertz CT molecular complexity index is 795. The van der Waals surface area contributed by atoms with Crippen LogP contribution < -0.4 is 5.32 Å². The smallest absolute Gasteiger partial charge is 0.335 e. The lowest BCUT2D eigenvalue weighted by Gasteiger charge is -2.08. The lowest BCUT2D eigenvalue weighted by molar-refractivity contribution is 0.0697. The summed E-state index contributed by atoms with van der Waals surface area (Å²) in [6.07, 6.45) is 0. The summed E-state index contributed by atoms with van der Waals surface area (Å²) in [7, 11) is 0. The molecular weight excluding hydrogens is 286 g/mol. The highest BCUT2D eigenvalue weighted by Gasteiger charge is 2.04. The van der Waals surface area contributed by atoms with Crippen LogP contribution in [-0.2, 0) is 6.54 Å². The van der Waals surface area contributed by atoms with Gasteiger partial charge in [0, 0.05) is 12.2 Å². The molecule has 2 N–H and O–H groups in total. The van der Waals surface area contributed by atoms with Crippen LogP contribution in [0.4, 0.5) is 5.69 Å². The summed E-state index contributed by atoms with van der Waals surface area (Å²) in [5, 5.41) is 12.4. The molecule has 0 aliphatic rings. The number of rotatable bonds is 5. The second-order valence-corrected chi connectivity index (χ2v) is 5.30. The molecule has 0 saturated carbocycles. The van der Waals surface area contributed by atoms with Crippen LogP contribution in [0.2, 0.25) is 0 Å². The number of hydrogen-bond donors (Lipinski definition) is 2. The van der Waals surface area contributed by atoms with Gasteiger partial charge in [-0.3, -0.25) is 0 Å². The quantitative estimate of drug-likeness (QED) is 0.720. The van der Waals surface area contributed by atoms with Crippen LogP contribution in [0.3, 0.4) is 0 Å². The third-order valence-corrected chi connectivity index (χ3v) is 3.67. The molecule has 3 aromatic carbocycles. The van der Waals surface area contributed by atoms with Gasteiger partial charge >= 0.3 is 5.97 Å². The third kappa shape index (κ3) is 3.77. The van der Waals surface area contributed by atoms with Gasteiger partial charge in [0.15, 0.2) is 0 Å². The fraction of sp³-hybridized carbons (Fsp3) is 0.0500. The van der Waals surface area contributed by atoms with Crippen LogP contribution in [0.15, 0.2) is 78.9 Å². The average molecular weight is 303 g/mol. The Hall–Kier alpha value is -3.07. The molecule has 0 fully saturated rings. The highest BCUT2D eigenvalue weighted by atomic mass is 16.4. The van der Waals surface area contributed by atoms with Crippen LogP contribution >= 0.6 is 0 Å². The van der Waals surface area contributed by atoms with Gasteiger partial charge in [0.1, 0.15) is 0 Å². The van der Waals surface area contributed by atoms with E-state index in [1.54, 1.807) is 18.2 Å². The van der Waals surface area contributed by atoms with E-state index in [-0.39, 0.29) is 0 Å². The first kappa shape index (κ1) is 14.9. The first-order valence-corrected chi connectivity index (χ1v) is 7.44. The Morgan fingerprint density at radius 3 is 2.26 bits per heavy atom. The summed E-state index contributed by atoms with van der Waals surface area (Å²) >= 11 is 0. The van der Waals surface area contributed by atoms with Crippen molar-refractivity contribution >= 4 is 11.7 Å². The van der Waals surface area contributed by atoms with E-state index in [4.69, 9.17) is 5.11 Å². The minimum atomic E-state index is -0.907. The van der Waals surface area contributed by atoms with Crippen molar-refractivity contribution in [2.24, 2.45) is 0 Å². The van der Waals surface area contributed by atoms with Gasteiger partial charge in [-0.1, -0.05) is 54.6 Å². The summed E-state index contributed by atoms with van der Waals surface area (Å²) in [6, 6.07) is 25.2. The maximum atomic E-state index is 11.1. The number of carboxylic acid groups (broad SMARTS) is 1. The van der Waals surface area contributed by atoms with Gasteiger partial charge in [0.05, 0.1) is 5.56 Å². The summed E-state index contributed by atoms with van der Waals surface area (Å²) in [4.78, 5) is 11.1. The van der Waals surface area contributed by atoms with Gasteiger partial charge in [0.2, 0.25) is 0 Å². The normalized spacial score (nSPS) is 10.3. The highest BCUT2D eigenvalue weighted by Crippen LogP contribution is 2.21. The van der Waals surface area contributed by atoms with Crippen LogP contribution in [0.25, 0.3) is 11.1 Å². The largest absolute Gasteiger partial charge is 0.478 e. The molecule has 3 heteroatoms. The Labute approximate surface area is 135 Å². The van der Waals surface area contributed by atoms with Crippen molar-refractivity contribution in [2.75, 3.05) is 5.32 Å². The van der Waals surface area contributed by atoms with E-state index in [0.717, 1.165) is 23.4 Å². The zero-order valence-electron chi connectivity index (χ0n) is 12.6. The molecule has 0 unspecified atom stereocenters. The van der Waals surface area contributed by atoms with Crippen molar-refractivity contribution in [2.45, 2.75) is 6.54 Å². The van der Waals surface area contributed by atoms with E-state index in [0.29, 0.717) is 5.56 Å². The Morgan fingerprint density at radius 2 is 1.57 bits per heavy atom. The van der Waals surface area contributed by atoms with Gasteiger partial charge in [0.25, 0.3) is 0 Å². The number of hydrogen-bond acceptors (Lipinski definition) is 2. The van der Waals surface area contributed by atoms with Crippen LogP contribution in [0.5, 0.6) is 0 Å². The molecule has 23 heavy (non-hydrogen) atoms. The molecular formula is C20H17NO2. The molecule has 0 spiro atoms. The van der Waals surface area contributed by atoms with Crippen LogP contribution in [0.1, 0.15) is 15.9 Å². The lowest BCUT2D eigenvalue weighted by Crippen LogP contribution is -1.99. The molecule has 0 bridgehead atoms. The summed E-state index contributed by atoms with van der Waals surface area (Å²) in [5.41, 5.74) is 4.49. The van der Waals surface area contributed by atoms with Gasteiger partial charge in [-0.05, 0) is 41.0 Å².